The highest BCUT2D eigenvalue weighted by Crippen LogP contribution is 2.11. The van der Waals surface area contributed by atoms with Gasteiger partial charge in [-0.2, -0.15) is 0 Å². The Morgan fingerprint density at radius 2 is 1.90 bits per heavy atom. The second kappa shape index (κ2) is 6.88. The highest BCUT2D eigenvalue weighted by atomic mass is 19.1. The normalized spacial score (nSPS) is 10.2. The summed E-state index contributed by atoms with van der Waals surface area (Å²) >= 11 is 0. The summed E-state index contributed by atoms with van der Waals surface area (Å²) in [6.45, 7) is 2.98. The number of carbonyl (C=O) groups excluding carboxylic acids is 1. The number of rotatable bonds is 5. The zero-order chi connectivity index (χ0) is 15.2. The van der Waals surface area contributed by atoms with Gasteiger partial charge in [0.05, 0.1) is 0 Å². The lowest BCUT2D eigenvalue weighted by molar-refractivity contribution is 0.0953. The van der Waals surface area contributed by atoms with Gasteiger partial charge in [-0.1, -0.05) is 24.3 Å². The van der Waals surface area contributed by atoms with Crippen molar-refractivity contribution in [1.82, 2.24) is 5.32 Å². The van der Waals surface area contributed by atoms with Crippen LogP contribution < -0.4 is 10.2 Å². The maximum Gasteiger partial charge on any atom is 0.251 e. The molecule has 0 aliphatic carbocycles. The van der Waals surface area contributed by atoms with Gasteiger partial charge >= 0.3 is 0 Å². The van der Waals surface area contributed by atoms with Crippen molar-refractivity contribution < 1.29 is 9.18 Å². The van der Waals surface area contributed by atoms with Crippen molar-refractivity contribution in [3.05, 3.63) is 65.5 Å². The smallest absolute Gasteiger partial charge is 0.251 e. The van der Waals surface area contributed by atoms with Gasteiger partial charge in [0, 0.05) is 31.4 Å². The topological polar surface area (TPSA) is 32.3 Å². The summed E-state index contributed by atoms with van der Waals surface area (Å²) in [5, 5.41) is 2.82. The Hall–Kier alpha value is -2.36. The molecule has 0 saturated heterocycles. The number of nitrogens with zero attached hydrogens (tertiary/aromatic N) is 1. The number of nitrogens with one attached hydrogen (secondary N) is 1. The van der Waals surface area contributed by atoms with Crippen LogP contribution in [0.2, 0.25) is 0 Å². The van der Waals surface area contributed by atoms with Crippen LogP contribution >= 0.6 is 0 Å². The van der Waals surface area contributed by atoms with E-state index < -0.39 is 5.82 Å². The molecule has 0 unspecified atom stereocenters. The van der Waals surface area contributed by atoms with E-state index in [2.05, 4.69) is 10.2 Å². The van der Waals surface area contributed by atoms with Crippen molar-refractivity contribution in [3.8, 4) is 0 Å². The zero-order valence-electron chi connectivity index (χ0n) is 12.3. The van der Waals surface area contributed by atoms with E-state index >= 15 is 0 Å². The molecule has 2 aromatic carbocycles. The van der Waals surface area contributed by atoms with Crippen molar-refractivity contribution in [2.45, 2.75) is 6.92 Å². The second-order valence-corrected chi connectivity index (χ2v) is 4.97. The van der Waals surface area contributed by atoms with E-state index in [4.69, 9.17) is 0 Å². The number of benzene rings is 2. The maximum absolute atomic E-state index is 13.2. The van der Waals surface area contributed by atoms with Crippen LogP contribution in [0.4, 0.5) is 10.1 Å². The molecule has 21 heavy (non-hydrogen) atoms. The largest absolute Gasteiger partial charge is 0.373 e. The van der Waals surface area contributed by atoms with Gasteiger partial charge in [-0.05, 0) is 36.8 Å². The number of amides is 1. The molecule has 0 saturated carbocycles. The van der Waals surface area contributed by atoms with Gasteiger partial charge in [0.1, 0.15) is 5.82 Å². The van der Waals surface area contributed by atoms with Crippen LogP contribution in [0.3, 0.4) is 0 Å². The number of likely N-dealkylation sites (N-methyl/N-ethyl adjacent to an activating group) is 1. The van der Waals surface area contributed by atoms with Gasteiger partial charge in [0.2, 0.25) is 0 Å². The molecule has 110 valence electrons. The van der Waals surface area contributed by atoms with Crippen molar-refractivity contribution in [2.24, 2.45) is 0 Å². The third kappa shape index (κ3) is 4.05. The Bertz CT molecular complexity index is 613. The third-order valence-corrected chi connectivity index (χ3v) is 3.37. The second-order valence-electron chi connectivity index (χ2n) is 4.97. The first-order chi connectivity index (χ1) is 10.1. The van der Waals surface area contributed by atoms with E-state index in [1.54, 1.807) is 13.0 Å². The molecular formula is C17H19FN2O. The Morgan fingerprint density at radius 1 is 1.19 bits per heavy atom. The lowest BCUT2D eigenvalue weighted by Gasteiger charge is -2.19. The SMILES string of the molecule is Cc1ccc(F)cc1C(=O)NCCN(C)c1ccccc1. The summed E-state index contributed by atoms with van der Waals surface area (Å²) in [6.07, 6.45) is 0. The Balaban J connectivity index is 1.88. The summed E-state index contributed by atoms with van der Waals surface area (Å²) < 4.78 is 13.2. The van der Waals surface area contributed by atoms with Gasteiger partial charge in [-0.25, -0.2) is 4.39 Å². The number of halogens is 1. The zero-order valence-corrected chi connectivity index (χ0v) is 12.3. The summed E-state index contributed by atoms with van der Waals surface area (Å²) in [7, 11) is 1.97. The van der Waals surface area contributed by atoms with Gasteiger partial charge < -0.3 is 10.2 Å². The predicted octanol–water partition coefficient (Wildman–Crippen LogP) is 3.00. The summed E-state index contributed by atoms with van der Waals surface area (Å²) in [6, 6.07) is 14.2. The molecule has 1 N–H and O–H groups in total. The molecule has 0 fully saturated rings. The van der Waals surface area contributed by atoms with Crippen molar-refractivity contribution >= 4 is 11.6 Å². The highest BCUT2D eigenvalue weighted by molar-refractivity contribution is 5.95. The van der Waals surface area contributed by atoms with Gasteiger partial charge in [-0.3, -0.25) is 4.79 Å². The monoisotopic (exact) mass is 286 g/mol. The number of aryl methyl sites for hydroxylation is 1. The van der Waals surface area contributed by atoms with E-state index in [-0.39, 0.29) is 5.91 Å². The fourth-order valence-electron chi connectivity index (χ4n) is 2.08. The quantitative estimate of drug-likeness (QED) is 0.916. The Labute approximate surface area is 124 Å². The van der Waals surface area contributed by atoms with Crippen molar-refractivity contribution in [2.75, 3.05) is 25.0 Å². The predicted molar refractivity (Wildman–Crippen MR) is 83.2 cm³/mol. The Kier molecular flexibility index (Phi) is 4.93. The molecule has 2 rings (SSSR count). The highest BCUT2D eigenvalue weighted by Gasteiger charge is 2.10. The van der Waals surface area contributed by atoms with Crippen LogP contribution in [0.5, 0.6) is 0 Å². The van der Waals surface area contributed by atoms with Crippen LogP contribution in [-0.2, 0) is 0 Å². The molecule has 4 heteroatoms. The van der Waals surface area contributed by atoms with E-state index in [0.29, 0.717) is 18.7 Å². The molecule has 3 nitrogen and oxygen atoms in total. The first kappa shape index (κ1) is 15.0. The summed E-state index contributed by atoms with van der Waals surface area (Å²) in [5.41, 5.74) is 2.25. The average molecular weight is 286 g/mol. The Morgan fingerprint density at radius 3 is 2.62 bits per heavy atom. The van der Waals surface area contributed by atoms with Gasteiger partial charge in [0.25, 0.3) is 5.91 Å². The van der Waals surface area contributed by atoms with Crippen LogP contribution in [0.1, 0.15) is 15.9 Å². The number of hydrogen-bond acceptors (Lipinski definition) is 2. The first-order valence-electron chi connectivity index (χ1n) is 6.88. The van der Waals surface area contributed by atoms with E-state index in [1.807, 2.05) is 37.4 Å². The molecule has 0 spiro atoms. The van der Waals surface area contributed by atoms with Gasteiger partial charge in [0.15, 0.2) is 0 Å². The molecule has 0 aliphatic heterocycles. The number of para-hydroxylation sites is 1. The fourth-order valence-corrected chi connectivity index (χ4v) is 2.08. The van der Waals surface area contributed by atoms with Crippen molar-refractivity contribution in [3.63, 3.8) is 0 Å². The van der Waals surface area contributed by atoms with Crippen LogP contribution in [0, 0.1) is 12.7 Å². The van der Waals surface area contributed by atoms with Crippen molar-refractivity contribution in [1.29, 1.82) is 0 Å². The lowest BCUT2D eigenvalue weighted by atomic mass is 10.1. The van der Waals surface area contributed by atoms with E-state index in [0.717, 1.165) is 11.3 Å². The fraction of sp³-hybridized carbons (Fsp3) is 0.235. The molecule has 2 aromatic rings. The molecule has 0 radical (unpaired) electrons. The minimum absolute atomic E-state index is 0.242. The molecule has 0 heterocycles. The number of carbonyl (C=O) groups is 1. The molecule has 0 aliphatic rings. The van der Waals surface area contributed by atoms with E-state index in [1.165, 1.54) is 12.1 Å². The third-order valence-electron chi connectivity index (χ3n) is 3.37. The molecular weight excluding hydrogens is 267 g/mol. The number of anilines is 1. The van der Waals surface area contributed by atoms with Crippen LogP contribution in [-0.4, -0.2) is 26.0 Å². The molecule has 0 bridgehead atoms. The summed E-state index contributed by atoms with van der Waals surface area (Å²) in [5.74, 6) is -0.638. The molecule has 1 amide bonds. The molecule has 0 atom stereocenters. The lowest BCUT2D eigenvalue weighted by Crippen LogP contribution is -2.33. The minimum atomic E-state index is -0.396. The number of hydrogen-bond donors (Lipinski definition) is 1. The van der Waals surface area contributed by atoms with Crippen LogP contribution in [0.15, 0.2) is 48.5 Å². The summed E-state index contributed by atoms with van der Waals surface area (Å²) in [4.78, 5) is 14.1. The van der Waals surface area contributed by atoms with Gasteiger partial charge in [-0.15, -0.1) is 0 Å². The average Bonchev–Trinajstić information content (AvgIpc) is 2.50. The van der Waals surface area contributed by atoms with Crippen LogP contribution in [0.25, 0.3) is 0 Å². The van der Waals surface area contributed by atoms with E-state index in [9.17, 15) is 9.18 Å². The maximum atomic E-state index is 13.2. The molecule has 0 aromatic heterocycles. The standard InChI is InChI=1S/C17H19FN2O/c1-13-8-9-14(18)12-16(13)17(21)19-10-11-20(2)15-6-4-3-5-7-15/h3-9,12H,10-11H2,1-2H3,(H,19,21). The minimum Gasteiger partial charge on any atom is -0.373 e. The first-order valence-corrected chi connectivity index (χ1v) is 6.88.